The third kappa shape index (κ3) is 2.27. The Kier molecular flexibility index (Phi) is 3.18. The second kappa shape index (κ2) is 4.79. The molecular formula is C12H14N4O2. The normalized spacial score (nSPS) is 10.4. The van der Waals surface area contributed by atoms with Gasteiger partial charge in [0.1, 0.15) is 5.82 Å². The molecule has 0 atom stereocenters. The maximum Gasteiger partial charge on any atom is 0.312 e. The summed E-state index contributed by atoms with van der Waals surface area (Å²) in [7, 11) is 0. The first-order chi connectivity index (χ1) is 8.59. The maximum absolute atomic E-state index is 12.2. The van der Waals surface area contributed by atoms with Crippen molar-refractivity contribution in [3.63, 3.8) is 0 Å². The molecule has 18 heavy (non-hydrogen) atoms. The molecule has 0 saturated carbocycles. The Labute approximate surface area is 103 Å². The molecule has 0 aliphatic carbocycles. The molecule has 94 valence electrons. The number of nitrogens with one attached hydrogen (secondary N) is 1. The minimum Gasteiger partial charge on any atom is -0.385 e. The van der Waals surface area contributed by atoms with Crippen molar-refractivity contribution >= 4 is 22.6 Å². The molecule has 2 amide bonds. The smallest absolute Gasteiger partial charge is 0.312 e. The molecule has 6 heteroatoms. The Balaban J connectivity index is 2.38. The number of carbonyl (C=O) groups excluding carboxylic acids is 1. The summed E-state index contributed by atoms with van der Waals surface area (Å²) in [5.74, 6) is 0.366. The van der Waals surface area contributed by atoms with Crippen molar-refractivity contribution in [2.24, 2.45) is 5.73 Å². The fourth-order valence-electron chi connectivity index (χ4n) is 1.84. The van der Waals surface area contributed by atoms with Crippen LogP contribution in [0.1, 0.15) is 0 Å². The van der Waals surface area contributed by atoms with Gasteiger partial charge < -0.3 is 16.8 Å². The fraction of sp³-hybridized carbons (Fsp3) is 0.167. The van der Waals surface area contributed by atoms with E-state index in [0.29, 0.717) is 17.7 Å². The number of fused-ring (bicyclic) bond motifs is 1. The van der Waals surface area contributed by atoms with E-state index < -0.39 is 6.03 Å². The first-order valence-electron chi connectivity index (χ1n) is 5.51. The standard InChI is InChI=1S/C12H14N4O2/c13-10-7-8-3-1-2-4-9(8)11(17)16(10)6-5-15-12(14)18/h1-4,7H,5-6,13H2,(H3,14,15,18). The predicted molar refractivity (Wildman–Crippen MR) is 70.2 cm³/mol. The number of urea groups is 1. The van der Waals surface area contributed by atoms with E-state index in [1.807, 2.05) is 12.1 Å². The van der Waals surface area contributed by atoms with Crippen molar-refractivity contribution in [3.8, 4) is 0 Å². The van der Waals surface area contributed by atoms with E-state index in [4.69, 9.17) is 11.5 Å². The van der Waals surface area contributed by atoms with Crippen LogP contribution in [0.15, 0.2) is 35.1 Å². The molecule has 6 nitrogen and oxygen atoms in total. The lowest BCUT2D eigenvalue weighted by Gasteiger charge is -2.11. The molecule has 0 bridgehead atoms. The number of aromatic nitrogens is 1. The second-order valence-corrected chi connectivity index (χ2v) is 3.90. The van der Waals surface area contributed by atoms with Gasteiger partial charge in [0.15, 0.2) is 0 Å². The highest BCUT2D eigenvalue weighted by atomic mass is 16.2. The van der Waals surface area contributed by atoms with E-state index in [1.54, 1.807) is 18.2 Å². The Bertz CT molecular complexity index is 648. The van der Waals surface area contributed by atoms with Crippen molar-refractivity contribution in [1.29, 1.82) is 0 Å². The van der Waals surface area contributed by atoms with Crippen molar-refractivity contribution < 1.29 is 4.79 Å². The van der Waals surface area contributed by atoms with Gasteiger partial charge in [0.25, 0.3) is 5.56 Å². The van der Waals surface area contributed by atoms with Gasteiger partial charge in [-0.05, 0) is 17.5 Å². The van der Waals surface area contributed by atoms with E-state index >= 15 is 0 Å². The molecule has 0 unspecified atom stereocenters. The molecule has 0 saturated heterocycles. The lowest BCUT2D eigenvalue weighted by atomic mass is 10.1. The minimum absolute atomic E-state index is 0.170. The third-order valence-corrected chi connectivity index (χ3v) is 2.69. The van der Waals surface area contributed by atoms with Crippen LogP contribution in [0, 0.1) is 0 Å². The van der Waals surface area contributed by atoms with Crippen LogP contribution in [0.3, 0.4) is 0 Å². The predicted octanol–water partition coefficient (Wildman–Crippen LogP) is 0.252. The summed E-state index contributed by atoms with van der Waals surface area (Å²) < 4.78 is 1.41. The first-order valence-corrected chi connectivity index (χ1v) is 5.51. The molecule has 2 aromatic rings. The topological polar surface area (TPSA) is 103 Å². The lowest BCUT2D eigenvalue weighted by Crippen LogP contribution is -2.34. The molecule has 2 rings (SSSR count). The van der Waals surface area contributed by atoms with Gasteiger partial charge in [-0.1, -0.05) is 18.2 Å². The van der Waals surface area contributed by atoms with Crippen molar-refractivity contribution in [3.05, 3.63) is 40.7 Å². The number of hydrogen-bond acceptors (Lipinski definition) is 3. The van der Waals surface area contributed by atoms with Gasteiger partial charge in [-0.3, -0.25) is 9.36 Å². The molecule has 0 spiro atoms. The summed E-state index contributed by atoms with van der Waals surface area (Å²) in [6.45, 7) is 0.552. The Morgan fingerprint density at radius 3 is 2.78 bits per heavy atom. The van der Waals surface area contributed by atoms with E-state index in [9.17, 15) is 9.59 Å². The molecule has 0 aliphatic rings. The van der Waals surface area contributed by atoms with Crippen LogP contribution in [0.5, 0.6) is 0 Å². The number of benzene rings is 1. The molecule has 1 aromatic heterocycles. The number of nitrogens with two attached hydrogens (primary N) is 2. The van der Waals surface area contributed by atoms with Gasteiger partial charge in [-0.15, -0.1) is 0 Å². The van der Waals surface area contributed by atoms with E-state index in [2.05, 4.69) is 5.32 Å². The Hall–Kier alpha value is -2.50. The van der Waals surface area contributed by atoms with E-state index in [-0.39, 0.29) is 12.1 Å². The third-order valence-electron chi connectivity index (χ3n) is 2.69. The SMILES string of the molecule is NC(=O)NCCn1c(N)cc2ccccc2c1=O. The first kappa shape index (κ1) is 12.0. The summed E-state index contributed by atoms with van der Waals surface area (Å²) in [6.07, 6.45) is 0. The van der Waals surface area contributed by atoms with Crippen LogP contribution >= 0.6 is 0 Å². The molecule has 0 fully saturated rings. The number of pyridine rings is 1. The number of nitrogen functional groups attached to an aromatic ring is 1. The lowest BCUT2D eigenvalue weighted by molar-refractivity contribution is 0.248. The Morgan fingerprint density at radius 1 is 1.33 bits per heavy atom. The van der Waals surface area contributed by atoms with Gasteiger partial charge >= 0.3 is 6.03 Å². The number of amides is 2. The van der Waals surface area contributed by atoms with Crippen molar-refractivity contribution in [1.82, 2.24) is 9.88 Å². The fourth-order valence-corrected chi connectivity index (χ4v) is 1.84. The van der Waals surface area contributed by atoms with E-state index in [1.165, 1.54) is 4.57 Å². The highest BCUT2D eigenvalue weighted by Gasteiger charge is 2.06. The van der Waals surface area contributed by atoms with Gasteiger partial charge in [0, 0.05) is 18.5 Å². The highest BCUT2D eigenvalue weighted by Crippen LogP contribution is 2.12. The van der Waals surface area contributed by atoms with Crippen LogP contribution in [0.25, 0.3) is 10.8 Å². The van der Waals surface area contributed by atoms with Crippen LogP contribution < -0.4 is 22.3 Å². The van der Waals surface area contributed by atoms with E-state index in [0.717, 1.165) is 5.39 Å². The summed E-state index contributed by atoms with van der Waals surface area (Å²) in [6, 6.07) is 8.34. The second-order valence-electron chi connectivity index (χ2n) is 3.90. The average molecular weight is 246 g/mol. The van der Waals surface area contributed by atoms with Crippen molar-refractivity contribution in [2.75, 3.05) is 12.3 Å². The van der Waals surface area contributed by atoms with Crippen LogP contribution in [0.4, 0.5) is 10.6 Å². The molecule has 0 aliphatic heterocycles. The monoisotopic (exact) mass is 246 g/mol. The van der Waals surface area contributed by atoms with Crippen LogP contribution in [-0.4, -0.2) is 17.1 Å². The summed E-state index contributed by atoms with van der Waals surface area (Å²) in [5, 5.41) is 3.83. The number of anilines is 1. The molecule has 0 radical (unpaired) electrons. The zero-order valence-electron chi connectivity index (χ0n) is 9.72. The molecule has 1 heterocycles. The molecule has 1 aromatic carbocycles. The zero-order valence-corrected chi connectivity index (χ0v) is 9.72. The van der Waals surface area contributed by atoms with Gasteiger partial charge in [-0.2, -0.15) is 0 Å². The van der Waals surface area contributed by atoms with Gasteiger partial charge in [0.2, 0.25) is 0 Å². The van der Waals surface area contributed by atoms with Gasteiger partial charge in [0.05, 0.1) is 0 Å². The number of primary amides is 1. The number of carbonyl (C=O) groups is 1. The summed E-state index contributed by atoms with van der Waals surface area (Å²) >= 11 is 0. The quantitative estimate of drug-likeness (QED) is 0.723. The molecule has 5 N–H and O–H groups in total. The maximum atomic E-state index is 12.2. The average Bonchev–Trinajstić information content (AvgIpc) is 2.33. The Morgan fingerprint density at radius 2 is 2.06 bits per heavy atom. The van der Waals surface area contributed by atoms with Gasteiger partial charge in [-0.25, -0.2) is 4.79 Å². The number of hydrogen-bond donors (Lipinski definition) is 3. The molecular weight excluding hydrogens is 232 g/mol. The number of nitrogens with zero attached hydrogens (tertiary/aromatic N) is 1. The minimum atomic E-state index is -0.623. The van der Waals surface area contributed by atoms with Crippen molar-refractivity contribution in [2.45, 2.75) is 6.54 Å². The number of rotatable bonds is 3. The van der Waals surface area contributed by atoms with Crippen LogP contribution in [0.2, 0.25) is 0 Å². The summed E-state index contributed by atoms with van der Waals surface area (Å²) in [5.41, 5.74) is 10.6. The van der Waals surface area contributed by atoms with Crippen LogP contribution in [-0.2, 0) is 6.54 Å². The largest absolute Gasteiger partial charge is 0.385 e. The highest BCUT2D eigenvalue weighted by molar-refractivity contribution is 5.83. The summed E-state index contributed by atoms with van der Waals surface area (Å²) in [4.78, 5) is 22.7. The zero-order chi connectivity index (χ0) is 13.1.